The Kier molecular flexibility index (Phi) is 6.99. The molecule has 130 valence electrons. The normalized spacial score (nSPS) is 14.3. The van der Waals surface area contributed by atoms with Crippen LogP contribution in [0.1, 0.15) is 37.6 Å². The number of ether oxygens (including phenoxy) is 1. The summed E-state index contributed by atoms with van der Waals surface area (Å²) in [5.74, 6) is -1.18. The number of aromatic carboxylic acids is 1. The van der Waals surface area contributed by atoms with Crippen LogP contribution in [0.15, 0.2) is 23.1 Å². The van der Waals surface area contributed by atoms with Crippen LogP contribution in [0.3, 0.4) is 0 Å². The first-order valence-corrected chi connectivity index (χ1v) is 8.84. The molecule has 0 unspecified atom stereocenters. The maximum Gasteiger partial charge on any atom is 0.335 e. The van der Waals surface area contributed by atoms with Crippen LogP contribution in [0, 0.1) is 0 Å². The molecule has 1 rings (SSSR count). The van der Waals surface area contributed by atoms with Gasteiger partial charge in [0.15, 0.2) is 0 Å². The molecule has 0 radical (unpaired) electrons. The highest BCUT2D eigenvalue weighted by atomic mass is 32.2. The summed E-state index contributed by atoms with van der Waals surface area (Å²) in [5.41, 5.74) is 0.293. The van der Waals surface area contributed by atoms with E-state index in [0.29, 0.717) is 5.69 Å². The monoisotopic (exact) mass is 344 g/mol. The second-order valence-electron chi connectivity index (χ2n) is 5.45. The van der Waals surface area contributed by atoms with Crippen LogP contribution < -0.4 is 10.0 Å². The predicted octanol–water partition coefficient (Wildman–Crippen LogP) is 1.91. The third kappa shape index (κ3) is 5.49. The molecule has 23 heavy (non-hydrogen) atoms. The number of carboxylic acids is 1. The average molecular weight is 344 g/mol. The van der Waals surface area contributed by atoms with Gasteiger partial charge in [0.05, 0.1) is 17.9 Å². The zero-order valence-electron chi connectivity index (χ0n) is 13.8. The van der Waals surface area contributed by atoms with Gasteiger partial charge in [-0.05, 0) is 38.5 Å². The maximum absolute atomic E-state index is 12.6. The van der Waals surface area contributed by atoms with Crippen molar-refractivity contribution in [3.05, 3.63) is 23.8 Å². The molecule has 0 fully saturated rings. The van der Waals surface area contributed by atoms with Gasteiger partial charge in [0.2, 0.25) is 10.0 Å². The second-order valence-corrected chi connectivity index (χ2v) is 7.13. The number of sulfonamides is 1. The van der Waals surface area contributed by atoms with E-state index >= 15 is 0 Å². The highest BCUT2D eigenvalue weighted by Crippen LogP contribution is 2.24. The Balaban J connectivity index is 3.27. The van der Waals surface area contributed by atoms with Crippen LogP contribution in [0.4, 0.5) is 5.69 Å². The van der Waals surface area contributed by atoms with Crippen molar-refractivity contribution in [1.82, 2.24) is 4.72 Å². The van der Waals surface area contributed by atoms with E-state index in [-0.39, 0.29) is 23.1 Å². The summed E-state index contributed by atoms with van der Waals surface area (Å²) in [7, 11) is -2.40. The van der Waals surface area contributed by atoms with E-state index in [2.05, 4.69) is 10.0 Å². The molecule has 0 spiro atoms. The smallest absolute Gasteiger partial charge is 0.335 e. The highest BCUT2D eigenvalue weighted by Gasteiger charge is 2.23. The lowest BCUT2D eigenvalue weighted by atomic mass is 10.2. The molecular weight excluding hydrogens is 320 g/mol. The van der Waals surface area contributed by atoms with Crippen LogP contribution in [-0.4, -0.2) is 45.3 Å². The number of rotatable bonds is 9. The summed E-state index contributed by atoms with van der Waals surface area (Å²) in [6, 6.07) is 3.64. The van der Waals surface area contributed by atoms with E-state index in [1.54, 1.807) is 6.92 Å². The third-order valence-corrected chi connectivity index (χ3v) is 4.93. The van der Waals surface area contributed by atoms with E-state index in [9.17, 15) is 13.2 Å². The van der Waals surface area contributed by atoms with Crippen molar-refractivity contribution in [3.8, 4) is 0 Å². The number of hydrogen-bond acceptors (Lipinski definition) is 5. The molecule has 2 atom stereocenters. The van der Waals surface area contributed by atoms with Crippen molar-refractivity contribution in [3.63, 3.8) is 0 Å². The van der Waals surface area contributed by atoms with Crippen molar-refractivity contribution in [2.45, 2.75) is 44.2 Å². The molecule has 0 saturated carbocycles. The minimum absolute atomic E-state index is 0.0519. The summed E-state index contributed by atoms with van der Waals surface area (Å²) in [4.78, 5) is 11.1. The zero-order valence-corrected chi connectivity index (χ0v) is 14.6. The Morgan fingerprint density at radius 2 is 1.96 bits per heavy atom. The van der Waals surface area contributed by atoms with Gasteiger partial charge < -0.3 is 15.2 Å². The lowest BCUT2D eigenvalue weighted by molar-refractivity contribution is 0.0696. The fourth-order valence-corrected chi connectivity index (χ4v) is 3.40. The van der Waals surface area contributed by atoms with Gasteiger partial charge in [0.25, 0.3) is 0 Å². The quantitative estimate of drug-likeness (QED) is 0.632. The Labute approximate surface area is 137 Å². The number of anilines is 1. The standard InChI is InChI=1S/C15H24N2O5S/c1-5-10(2)16-13-7-6-12(15(18)19)8-14(13)23(20,21)17-11(3)9-22-4/h6-8,10-11,16-17H,5,9H2,1-4H3,(H,18,19)/t10-,11-/m1/s1. The van der Waals surface area contributed by atoms with Gasteiger partial charge in [-0.15, -0.1) is 0 Å². The molecular formula is C15H24N2O5S. The average Bonchev–Trinajstić information content (AvgIpc) is 2.46. The molecule has 0 aliphatic rings. The van der Waals surface area contributed by atoms with E-state index in [0.717, 1.165) is 12.5 Å². The SMILES string of the molecule is CC[C@@H](C)Nc1ccc(C(=O)O)cc1S(=O)(=O)N[C@H](C)COC. The highest BCUT2D eigenvalue weighted by molar-refractivity contribution is 7.89. The number of carboxylic acid groups (broad SMARTS) is 1. The van der Waals surface area contributed by atoms with Crippen LogP contribution >= 0.6 is 0 Å². The lowest BCUT2D eigenvalue weighted by Gasteiger charge is -2.19. The fraction of sp³-hybridized carbons (Fsp3) is 0.533. The van der Waals surface area contributed by atoms with Crippen LogP contribution in [0.5, 0.6) is 0 Å². The first kappa shape index (κ1) is 19.4. The summed E-state index contributed by atoms with van der Waals surface area (Å²) in [5, 5.41) is 12.2. The van der Waals surface area contributed by atoms with Gasteiger partial charge in [0.1, 0.15) is 4.90 Å². The molecule has 1 aromatic rings. The molecule has 8 heteroatoms. The van der Waals surface area contributed by atoms with E-state index in [1.165, 1.54) is 19.2 Å². The van der Waals surface area contributed by atoms with Crippen molar-refractivity contribution in [1.29, 1.82) is 0 Å². The van der Waals surface area contributed by atoms with Crippen LogP contribution in [0.2, 0.25) is 0 Å². The minimum Gasteiger partial charge on any atom is -0.478 e. The van der Waals surface area contributed by atoms with Crippen molar-refractivity contribution in [2.24, 2.45) is 0 Å². The number of methoxy groups -OCH3 is 1. The predicted molar refractivity (Wildman–Crippen MR) is 88.4 cm³/mol. The molecule has 0 aliphatic heterocycles. The van der Waals surface area contributed by atoms with Gasteiger partial charge in [-0.2, -0.15) is 0 Å². The molecule has 0 amide bonds. The Morgan fingerprint density at radius 3 is 2.48 bits per heavy atom. The van der Waals surface area contributed by atoms with Crippen molar-refractivity contribution in [2.75, 3.05) is 19.0 Å². The van der Waals surface area contributed by atoms with Gasteiger partial charge in [-0.3, -0.25) is 0 Å². The van der Waals surface area contributed by atoms with Gasteiger partial charge in [-0.25, -0.2) is 17.9 Å². The molecule has 7 nitrogen and oxygen atoms in total. The van der Waals surface area contributed by atoms with Gasteiger partial charge in [0, 0.05) is 19.2 Å². The van der Waals surface area contributed by atoms with Crippen molar-refractivity contribution >= 4 is 21.7 Å². The molecule has 0 saturated heterocycles. The summed E-state index contributed by atoms with van der Waals surface area (Å²) in [6.07, 6.45) is 0.799. The maximum atomic E-state index is 12.6. The number of nitrogens with one attached hydrogen (secondary N) is 2. The topological polar surface area (TPSA) is 105 Å². The summed E-state index contributed by atoms with van der Waals surface area (Å²) >= 11 is 0. The fourth-order valence-electron chi connectivity index (χ4n) is 1.98. The van der Waals surface area contributed by atoms with E-state index in [4.69, 9.17) is 9.84 Å². The van der Waals surface area contributed by atoms with Gasteiger partial charge in [-0.1, -0.05) is 6.92 Å². The third-order valence-electron chi connectivity index (χ3n) is 3.31. The van der Waals surface area contributed by atoms with E-state index in [1.807, 2.05) is 13.8 Å². The number of carbonyl (C=O) groups is 1. The summed E-state index contributed by atoms with van der Waals surface area (Å²) in [6.45, 7) is 5.77. The zero-order chi connectivity index (χ0) is 17.6. The summed E-state index contributed by atoms with van der Waals surface area (Å²) < 4.78 is 32.6. The molecule has 3 N–H and O–H groups in total. The molecule has 1 aromatic carbocycles. The van der Waals surface area contributed by atoms with E-state index < -0.39 is 22.0 Å². The number of benzene rings is 1. The largest absolute Gasteiger partial charge is 0.478 e. The number of hydrogen-bond donors (Lipinski definition) is 3. The molecule has 0 bridgehead atoms. The first-order chi connectivity index (χ1) is 10.7. The Hall–Kier alpha value is -1.64. The molecule has 0 aromatic heterocycles. The Bertz CT molecular complexity index is 645. The minimum atomic E-state index is -3.88. The molecule has 0 heterocycles. The van der Waals surface area contributed by atoms with Crippen LogP contribution in [-0.2, 0) is 14.8 Å². The Morgan fingerprint density at radius 1 is 1.30 bits per heavy atom. The van der Waals surface area contributed by atoms with Gasteiger partial charge >= 0.3 is 5.97 Å². The van der Waals surface area contributed by atoms with Crippen LogP contribution in [0.25, 0.3) is 0 Å². The first-order valence-electron chi connectivity index (χ1n) is 7.36. The lowest BCUT2D eigenvalue weighted by Crippen LogP contribution is -2.36. The second kappa shape index (κ2) is 8.28. The molecule has 0 aliphatic carbocycles. The van der Waals surface area contributed by atoms with Crippen molar-refractivity contribution < 1.29 is 23.1 Å².